The summed E-state index contributed by atoms with van der Waals surface area (Å²) >= 11 is 1.55. The van der Waals surface area contributed by atoms with Crippen LogP contribution in [0.1, 0.15) is 0 Å². The average molecular weight is 260 g/mol. The van der Waals surface area contributed by atoms with Crippen molar-refractivity contribution < 1.29 is 4.79 Å². The number of anilines is 2. The maximum atomic E-state index is 11.7. The Bertz CT molecular complexity index is 515. The van der Waals surface area contributed by atoms with Gasteiger partial charge in [0.1, 0.15) is 0 Å². The predicted molar refractivity (Wildman–Crippen MR) is 72.9 cm³/mol. The quantitative estimate of drug-likeness (QED) is 0.833. The van der Waals surface area contributed by atoms with Crippen molar-refractivity contribution in [1.82, 2.24) is 9.97 Å². The highest BCUT2D eigenvalue weighted by atomic mass is 32.2. The molecule has 0 saturated heterocycles. The summed E-state index contributed by atoms with van der Waals surface area (Å²) in [6, 6.07) is 6.86. The molecule has 6 heteroatoms. The van der Waals surface area contributed by atoms with Crippen LogP contribution >= 0.6 is 11.8 Å². The van der Waals surface area contributed by atoms with Gasteiger partial charge in [-0.25, -0.2) is 9.78 Å². The zero-order valence-electron chi connectivity index (χ0n) is 9.75. The zero-order chi connectivity index (χ0) is 12.8. The third kappa shape index (κ3) is 3.46. The van der Waals surface area contributed by atoms with Gasteiger partial charge in [0.15, 0.2) is 0 Å². The molecule has 0 bridgehead atoms. The lowest BCUT2D eigenvalue weighted by Gasteiger charge is -2.07. The minimum absolute atomic E-state index is 0.318. The van der Waals surface area contributed by atoms with E-state index in [0.717, 1.165) is 5.03 Å². The van der Waals surface area contributed by atoms with Crippen LogP contribution in [0.3, 0.4) is 0 Å². The van der Waals surface area contributed by atoms with E-state index in [4.69, 9.17) is 0 Å². The molecule has 2 aromatic rings. The van der Waals surface area contributed by atoms with E-state index in [2.05, 4.69) is 20.6 Å². The summed E-state index contributed by atoms with van der Waals surface area (Å²) in [5.74, 6) is 0. The van der Waals surface area contributed by atoms with Crippen LogP contribution in [0, 0.1) is 0 Å². The van der Waals surface area contributed by atoms with E-state index in [-0.39, 0.29) is 6.03 Å². The van der Waals surface area contributed by atoms with Crippen LogP contribution in [0.25, 0.3) is 0 Å². The number of pyridine rings is 2. The summed E-state index contributed by atoms with van der Waals surface area (Å²) in [5, 5.41) is 6.28. The first-order chi connectivity index (χ1) is 8.78. The number of carbonyl (C=O) groups excluding carboxylic acids is 1. The highest BCUT2D eigenvalue weighted by Gasteiger charge is 2.02. The molecular weight excluding hydrogens is 248 g/mol. The Kier molecular flexibility index (Phi) is 4.14. The number of nitrogens with zero attached hydrogens (tertiary/aromatic N) is 2. The second-order valence-electron chi connectivity index (χ2n) is 3.41. The summed E-state index contributed by atoms with van der Waals surface area (Å²) in [7, 11) is 0. The van der Waals surface area contributed by atoms with E-state index in [1.165, 1.54) is 0 Å². The molecule has 0 unspecified atom stereocenters. The van der Waals surface area contributed by atoms with Gasteiger partial charge in [-0.3, -0.25) is 4.98 Å². The van der Waals surface area contributed by atoms with Crippen molar-refractivity contribution in [2.24, 2.45) is 0 Å². The van der Waals surface area contributed by atoms with Gasteiger partial charge in [0, 0.05) is 6.20 Å². The van der Waals surface area contributed by atoms with E-state index >= 15 is 0 Å². The van der Waals surface area contributed by atoms with Crippen molar-refractivity contribution in [3.63, 3.8) is 0 Å². The first-order valence-corrected chi connectivity index (χ1v) is 6.48. The lowest BCUT2D eigenvalue weighted by atomic mass is 10.4. The lowest BCUT2D eigenvalue weighted by molar-refractivity contribution is 0.262. The second-order valence-corrected chi connectivity index (χ2v) is 4.24. The topological polar surface area (TPSA) is 66.9 Å². The van der Waals surface area contributed by atoms with Crippen LogP contribution in [-0.4, -0.2) is 22.3 Å². The Morgan fingerprint density at radius 2 is 1.94 bits per heavy atom. The molecule has 0 aliphatic heterocycles. The number of carbonyl (C=O) groups is 1. The zero-order valence-corrected chi connectivity index (χ0v) is 10.6. The number of hydrogen-bond donors (Lipinski definition) is 2. The van der Waals surface area contributed by atoms with Gasteiger partial charge >= 0.3 is 6.03 Å². The first kappa shape index (κ1) is 12.4. The van der Waals surface area contributed by atoms with E-state index in [9.17, 15) is 4.79 Å². The van der Waals surface area contributed by atoms with Gasteiger partial charge < -0.3 is 10.6 Å². The van der Waals surface area contributed by atoms with Crippen LogP contribution < -0.4 is 10.6 Å². The van der Waals surface area contributed by atoms with E-state index in [1.54, 1.807) is 42.5 Å². The number of nitrogens with one attached hydrogen (secondary N) is 2. The van der Waals surface area contributed by atoms with Gasteiger partial charge in [0.2, 0.25) is 0 Å². The second kappa shape index (κ2) is 6.02. The number of aromatic nitrogens is 2. The molecule has 2 N–H and O–H groups in total. The largest absolute Gasteiger partial charge is 0.323 e. The molecule has 18 heavy (non-hydrogen) atoms. The minimum atomic E-state index is -0.318. The normalized spacial score (nSPS) is 9.83. The molecule has 0 atom stereocenters. The van der Waals surface area contributed by atoms with Crippen molar-refractivity contribution in [1.29, 1.82) is 0 Å². The molecule has 0 saturated carbocycles. The highest BCUT2D eigenvalue weighted by molar-refractivity contribution is 7.98. The molecule has 92 valence electrons. The SMILES string of the molecule is CSc1ccc(NC(=O)Nc2cccnc2)cn1. The number of thioether (sulfide) groups is 1. The molecule has 0 spiro atoms. The fraction of sp³-hybridized carbons (Fsp3) is 0.0833. The minimum Gasteiger partial charge on any atom is -0.306 e. The monoisotopic (exact) mass is 260 g/mol. The molecule has 0 aliphatic carbocycles. The Labute approximate surface area is 109 Å². The number of rotatable bonds is 3. The Hall–Kier alpha value is -2.08. The van der Waals surface area contributed by atoms with Gasteiger partial charge in [-0.1, -0.05) is 0 Å². The fourth-order valence-corrected chi connectivity index (χ4v) is 1.67. The Morgan fingerprint density at radius 3 is 2.50 bits per heavy atom. The van der Waals surface area contributed by atoms with Crippen LogP contribution in [-0.2, 0) is 0 Å². The summed E-state index contributed by atoms with van der Waals surface area (Å²) in [6.45, 7) is 0. The van der Waals surface area contributed by atoms with Crippen molar-refractivity contribution >= 4 is 29.2 Å². The molecule has 0 aromatic carbocycles. The summed E-state index contributed by atoms with van der Waals surface area (Å²) in [5.41, 5.74) is 1.29. The maximum absolute atomic E-state index is 11.7. The maximum Gasteiger partial charge on any atom is 0.323 e. The molecule has 5 nitrogen and oxygen atoms in total. The van der Waals surface area contributed by atoms with Gasteiger partial charge in [-0.15, -0.1) is 11.8 Å². The fourth-order valence-electron chi connectivity index (χ4n) is 1.31. The third-order valence-corrected chi connectivity index (χ3v) is 2.78. The standard InChI is InChI=1S/C12H12N4OS/c1-18-11-5-4-10(8-14-11)16-12(17)15-9-3-2-6-13-7-9/h2-8H,1H3,(H2,15,16,17). The van der Waals surface area contributed by atoms with E-state index in [0.29, 0.717) is 11.4 Å². The molecule has 2 amide bonds. The third-order valence-electron chi connectivity index (χ3n) is 2.12. The van der Waals surface area contributed by atoms with Gasteiger partial charge in [0.25, 0.3) is 0 Å². The average Bonchev–Trinajstić information content (AvgIpc) is 2.40. The molecule has 2 rings (SSSR count). The molecule has 2 heterocycles. The van der Waals surface area contributed by atoms with Crippen LogP contribution in [0.15, 0.2) is 47.9 Å². The van der Waals surface area contributed by atoms with Crippen LogP contribution in [0.5, 0.6) is 0 Å². The molecule has 0 fully saturated rings. The van der Waals surface area contributed by atoms with Crippen LogP contribution in [0.4, 0.5) is 16.2 Å². The number of amides is 2. The molecule has 0 aliphatic rings. The highest BCUT2D eigenvalue weighted by Crippen LogP contribution is 2.14. The van der Waals surface area contributed by atoms with Crippen molar-refractivity contribution in [2.75, 3.05) is 16.9 Å². The Morgan fingerprint density at radius 1 is 1.17 bits per heavy atom. The predicted octanol–water partition coefficient (Wildman–Crippen LogP) is 2.84. The smallest absolute Gasteiger partial charge is 0.306 e. The summed E-state index contributed by atoms with van der Waals surface area (Å²) < 4.78 is 0. The van der Waals surface area contributed by atoms with Gasteiger partial charge in [-0.05, 0) is 30.5 Å². The molecule has 2 aromatic heterocycles. The van der Waals surface area contributed by atoms with Crippen molar-refractivity contribution in [2.45, 2.75) is 5.03 Å². The number of urea groups is 1. The van der Waals surface area contributed by atoms with Gasteiger partial charge in [0.05, 0.1) is 28.8 Å². The first-order valence-electron chi connectivity index (χ1n) is 5.26. The van der Waals surface area contributed by atoms with Gasteiger partial charge in [-0.2, -0.15) is 0 Å². The van der Waals surface area contributed by atoms with E-state index < -0.39 is 0 Å². The number of hydrogen-bond acceptors (Lipinski definition) is 4. The van der Waals surface area contributed by atoms with Crippen molar-refractivity contribution in [3.05, 3.63) is 42.9 Å². The van der Waals surface area contributed by atoms with Crippen LogP contribution in [0.2, 0.25) is 0 Å². The Balaban J connectivity index is 1.94. The lowest BCUT2D eigenvalue weighted by Crippen LogP contribution is -2.19. The van der Waals surface area contributed by atoms with E-state index in [1.807, 2.05) is 18.4 Å². The molecule has 0 radical (unpaired) electrons. The molecular formula is C12H12N4OS. The summed E-state index contributed by atoms with van der Waals surface area (Å²) in [4.78, 5) is 19.7. The summed E-state index contributed by atoms with van der Waals surface area (Å²) in [6.07, 6.45) is 6.79. The van der Waals surface area contributed by atoms with Crippen molar-refractivity contribution in [3.8, 4) is 0 Å².